The minimum Gasteiger partial charge on any atom is -0.495 e. The molecule has 0 saturated carbocycles. The van der Waals surface area contributed by atoms with E-state index in [4.69, 9.17) is 15.6 Å². The first-order chi connectivity index (χ1) is 8.85. The van der Waals surface area contributed by atoms with E-state index in [0.717, 1.165) is 0 Å². The molecule has 0 radical (unpaired) electrons. The molecule has 0 atom stereocenters. The van der Waals surface area contributed by atoms with Gasteiger partial charge in [-0.05, 0) is 18.6 Å². The molecule has 0 aliphatic heterocycles. The number of carbonyl (C=O) groups excluding carboxylic acids is 1. The van der Waals surface area contributed by atoms with Gasteiger partial charge in [-0.1, -0.05) is 6.07 Å². The molecule has 1 aromatic carbocycles. The number of hydrogen-bond acceptors (Lipinski definition) is 5. The highest BCUT2D eigenvalue weighted by Crippen LogP contribution is 2.24. The monoisotopic (exact) mass is 287 g/mol. The molecule has 0 saturated heterocycles. The van der Waals surface area contributed by atoms with Crippen molar-refractivity contribution in [3.05, 3.63) is 23.8 Å². The Morgan fingerprint density at radius 3 is 2.68 bits per heavy atom. The van der Waals surface area contributed by atoms with Crippen molar-refractivity contribution in [2.75, 3.05) is 25.1 Å². The van der Waals surface area contributed by atoms with Crippen LogP contribution in [-0.2, 0) is 10.0 Å². The standard InChI is InChI=1S/C11H17N3O4S/c1-18-9-5-2-4-8(10(9)12)11(15)14-6-3-7-19(13,16)17/h2,4-5H,3,6-7,12H2,1H3,(H,14,15)(H2,13,16,17). The van der Waals surface area contributed by atoms with Crippen LogP contribution in [-0.4, -0.2) is 33.7 Å². The number of primary sulfonamides is 1. The summed E-state index contributed by atoms with van der Waals surface area (Å²) in [5.41, 5.74) is 6.30. The predicted molar refractivity (Wildman–Crippen MR) is 72.3 cm³/mol. The molecule has 0 bridgehead atoms. The fraction of sp³-hybridized carbons (Fsp3) is 0.364. The Morgan fingerprint density at radius 1 is 1.42 bits per heavy atom. The number of carbonyl (C=O) groups is 1. The van der Waals surface area contributed by atoms with Crippen LogP contribution in [0.4, 0.5) is 5.69 Å². The zero-order chi connectivity index (χ0) is 14.5. The van der Waals surface area contributed by atoms with Crippen LogP contribution in [0.2, 0.25) is 0 Å². The molecule has 7 nitrogen and oxygen atoms in total. The molecule has 0 unspecified atom stereocenters. The summed E-state index contributed by atoms with van der Waals surface area (Å²) >= 11 is 0. The maximum Gasteiger partial charge on any atom is 0.253 e. The average molecular weight is 287 g/mol. The number of nitrogens with one attached hydrogen (secondary N) is 1. The SMILES string of the molecule is COc1cccc(C(=O)NCCCS(N)(=O)=O)c1N. The number of ether oxygens (including phenoxy) is 1. The quantitative estimate of drug-likeness (QED) is 0.489. The Hall–Kier alpha value is -1.80. The summed E-state index contributed by atoms with van der Waals surface area (Å²) < 4.78 is 26.4. The Kier molecular flexibility index (Phi) is 5.13. The van der Waals surface area contributed by atoms with Crippen molar-refractivity contribution in [2.45, 2.75) is 6.42 Å². The first kappa shape index (κ1) is 15.3. The first-order valence-corrected chi connectivity index (χ1v) is 7.28. The van der Waals surface area contributed by atoms with E-state index >= 15 is 0 Å². The van der Waals surface area contributed by atoms with Gasteiger partial charge in [0.15, 0.2) is 0 Å². The smallest absolute Gasteiger partial charge is 0.253 e. The first-order valence-electron chi connectivity index (χ1n) is 5.56. The molecular weight excluding hydrogens is 270 g/mol. The van der Waals surface area contributed by atoms with Crippen molar-refractivity contribution in [1.82, 2.24) is 5.32 Å². The second kappa shape index (κ2) is 6.39. The Labute approximate surface area is 112 Å². The van der Waals surface area contributed by atoms with Gasteiger partial charge >= 0.3 is 0 Å². The largest absolute Gasteiger partial charge is 0.495 e. The molecule has 1 aromatic rings. The van der Waals surface area contributed by atoms with Crippen molar-refractivity contribution >= 4 is 21.6 Å². The zero-order valence-electron chi connectivity index (χ0n) is 10.5. The Bertz CT molecular complexity index is 557. The van der Waals surface area contributed by atoms with Gasteiger partial charge in [0.05, 0.1) is 24.1 Å². The molecule has 0 aromatic heterocycles. The molecule has 1 amide bonds. The third-order valence-corrected chi connectivity index (χ3v) is 3.28. The van der Waals surface area contributed by atoms with Crippen LogP contribution >= 0.6 is 0 Å². The van der Waals surface area contributed by atoms with Crippen molar-refractivity contribution in [3.63, 3.8) is 0 Å². The zero-order valence-corrected chi connectivity index (χ0v) is 11.4. The van der Waals surface area contributed by atoms with Crippen molar-refractivity contribution in [2.24, 2.45) is 5.14 Å². The van der Waals surface area contributed by atoms with Crippen molar-refractivity contribution in [3.8, 4) is 5.75 Å². The Morgan fingerprint density at radius 2 is 2.11 bits per heavy atom. The van der Waals surface area contributed by atoms with E-state index in [1.165, 1.54) is 7.11 Å². The number of benzene rings is 1. The lowest BCUT2D eigenvalue weighted by atomic mass is 10.1. The van der Waals surface area contributed by atoms with Gasteiger partial charge in [-0.2, -0.15) is 0 Å². The molecule has 19 heavy (non-hydrogen) atoms. The highest BCUT2D eigenvalue weighted by molar-refractivity contribution is 7.89. The van der Waals surface area contributed by atoms with Gasteiger partial charge in [0.2, 0.25) is 10.0 Å². The predicted octanol–water partition coefficient (Wildman–Crippen LogP) is -0.314. The topological polar surface area (TPSA) is 125 Å². The minimum absolute atomic E-state index is 0.180. The molecule has 0 heterocycles. The van der Waals surface area contributed by atoms with Gasteiger partial charge < -0.3 is 15.8 Å². The summed E-state index contributed by atoms with van der Waals surface area (Å²) in [6.45, 7) is 0.200. The van der Waals surface area contributed by atoms with Crippen LogP contribution in [0.1, 0.15) is 16.8 Å². The number of rotatable bonds is 6. The highest BCUT2D eigenvalue weighted by atomic mass is 32.2. The average Bonchev–Trinajstić information content (AvgIpc) is 2.33. The van der Waals surface area contributed by atoms with E-state index in [0.29, 0.717) is 5.75 Å². The van der Waals surface area contributed by atoms with Crippen LogP contribution in [0.3, 0.4) is 0 Å². The lowest BCUT2D eigenvalue weighted by Gasteiger charge is -2.10. The third kappa shape index (κ3) is 4.76. The van der Waals surface area contributed by atoms with Crippen LogP contribution in [0.5, 0.6) is 5.75 Å². The summed E-state index contributed by atoms with van der Waals surface area (Å²) in [5, 5.41) is 7.42. The van der Waals surface area contributed by atoms with Gasteiger partial charge in [-0.15, -0.1) is 0 Å². The number of hydrogen-bond donors (Lipinski definition) is 3. The molecule has 0 aliphatic rings. The molecule has 5 N–H and O–H groups in total. The molecule has 0 fully saturated rings. The fourth-order valence-electron chi connectivity index (χ4n) is 1.49. The number of nitrogens with two attached hydrogens (primary N) is 2. The third-order valence-electron chi connectivity index (χ3n) is 2.42. The van der Waals surface area contributed by atoms with Gasteiger partial charge in [0.25, 0.3) is 5.91 Å². The second-order valence-corrected chi connectivity index (χ2v) is 5.63. The van der Waals surface area contributed by atoms with Crippen molar-refractivity contribution in [1.29, 1.82) is 0 Å². The number of para-hydroxylation sites is 1. The molecule has 8 heteroatoms. The van der Waals surface area contributed by atoms with E-state index < -0.39 is 10.0 Å². The summed E-state index contributed by atoms with van der Waals surface area (Å²) in [7, 11) is -2.04. The summed E-state index contributed by atoms with van der Waals surface area (Å²) in [6.07, 6.45) is 0.244. The van der Waals surface area contributed by atoms with Crippen LogP contribution in [0.15, 0.2) is 18.2 Å². The fourth-order valence-corrected chi connectivity index (χ4v) is 2.04. The van der Waals surface area contributed by atoms with Gasteiger partial charge in [0.1, 0.15) is 5.75 Å². The van der Waals surface area contributed by atoms with Gasteiger partial charge in [-0.3, -0.25) is 4.79 Å². The maximum absolute atomic E-state index is 11.8. The molecule has 0 aliphatic carbocycles. The minimum atomic E-state index is -3.50. The molecule has 106 valence electrons. The maximum atomic E-state index is 11.8. The van der Waals surface area contributed by atoms with Crippen LogP contribution in [0.25, 0.3) is 0 Å². The van der Waals surface area contributed by atoms with E-state index in [9.17, 15) is 13.2 Å². The molecule has 1 rings (SSSR count). The summed E-state index contributed by atoms with van der Waals surface area (Å²) in [4.78, 5) is 11.8. The van der Waals surface area contributed by atoms with Gasteiger partial charge in [0, 0.05) is 6.54 Å². The second-order valence-electron chi connectivity index (χ2n) is 3.90. The molecular formula is C11H17N3O4S. The van der Waals surface area contributed by atoms with E-state index in [-0.39, 0.29) is 35.9 Å². The molecule has 0 spiro atoms. The number of sulfonamides is 1. The van der Waals surface area contributed by atoms with E-state index in [1.807, 2.05) is 0 Å². The van der Waals surface area contributed by atoms with Gasteiger partial charge in [-0.25, -0.2) is 13.6 Å². The summed E-state index contributed by atoms with van der Waals surface area (Å²) in [6, 6.07) is 4.86. The highest BCUT2D eigenvalue weighted by Gasteiger charge is 2.12. The lowest BCUT2D eigenvalue weighted by Crippen LogP contribution is -2.28. The van der Waals surface area contributed by atoms with Crippen LogP contribution in [0, 0.1) is 0 Å². The Balaban J connectivity index is 2.59. The van der Waals surface area contributed by atoms with Crippen LogP contribution < -0.4 is 20.9 Å². The van der Waals surface area contributed by atoms with E-state index in [1.54, 1.807) is 18.2 Å². The normalized spacial score (nSPS) is 11.1. The lowest BCUT2D eigenvalue weighted by molar-refractivity contribution is 0.0954. The summed E-state index contributed by atoms with van der Waals surface area (Å²) in [5.74, 6) is -0.149. The number of methoxy groups -OCH3 is 1. The number of amides is 1. The number of anilines is 1. The van der Waals surface area contributed by atoms with Crippen molar-refractivity contribution < 1.29 is 17.9 Å². The number of nitrogen functional groups attached to an aromatic ring is 1. The van der Waals surface area contributed by atoms with E-state index in [2.05, 4.69) is 5.32 Å².